The van der Waals surface area contributed by atoms with Gasteiger partial charge in [-0.3, -0.25) is 4.79 Å². The lowest BCUT2D eigenvalue weighted by molar-refractivity contribution is -0.277. The fourth-order valence-corrected chi connectivity index (χ4v) is 3.72. The van der Waals surface area contributed by atoms with Crippen molar-refractivity contribution in [1.82, 2.24) is 0 Å². The predicted molar refractivity (Wildman–Crippen MR) is 111 cm³/mol. The van der Waals surface area contributed by atoms with Crippen LogP contribution >= 0.6 is 0 Å². The number of ether oxygens (including phenoxy) is 4. The molecule has 1 fully saturated rings. The molecule has 4 rings (SSSR count). The van der Waals surface area contributed by atoms with Crippen molar-refractivity contribution in [3.05, 3.63) is 28.4 Å². The van der Waals surface area contributed by atoms with Crippen molar-refractivity contribution in [2.24, 2.45) is 0 Å². The van der Waals surface area contributed by atoms with Gasteiger partial charge in [0.15, 0.2) is 22.8 Å². The third kappa shape index (κ3) is 3.57. The van der Waals surface area contributed by atoms with E-state index in [2.05, 4.69) is 0 Å². The summed E-state index contributed by atoms with van der Waals surface area (Å²) in [6.45, 7) is -0.681. The smallest absolute Gasteiger partial charge is 0.229 e. The fraction of sp³-hybridized carbons (Fsp3) is 0.381. The Morgan fingerprint density at radius 2 is 1.67 bits per heavy atom. The van der Waals surface area contributed by atoms with Crippen molar-refractivity contribution in [2.75, 3.05) is 20.8 Å². The summed E-state index contributed by atoms with van der Waals surface area (Å²) >= 11 is 0. The first-order chi connectivity index (χ1) is 15.7. The molecule has 0 saturated carbocycles. The Balaban J connectivity index is 1.93. The SMILES string of the molecule is COc1cc(O)c2c(=O)c3c(O)c(OC)ccc3oc2c1O[C@H]1O[C@@H](CO)[C@H](O)[C@H](O)[C@@H]1O. The monoisotopic (exact) mass is 466 g/mol. The van der Waals surface area contributed by atoms with Crippen LogP contribution in [0.2, 0.25) is 0 Å². The molecule has 1 aromatic heterocycles. The van der Waals surface area contributed by atoms with Gasteiger partial charge in [-0.1, -0.05) is 0 Å². The summed E-state index contributed by atoms with van der Waals surface area (Å²) in [6.07, 6.45) is -7.94. The molecule has 0 amide bonds. The van der Waals surface area contributed by atoms with Crippen LogP contribution in [0, 0.1) is 0 Å². The highest BCUT2D eigenvalue weighted by molar-refractivity contribution is 6.00. The van der Waals surface area contributed by atoms with Gasteiger partial charge in [-0.15, -0.1) is 0 Å². The van der Waals surface area contributed by atoms with E-state index >= 15 is 0 Å². The first-order valence-corrected chi connectivity index (χ1v) is 9.77. The van der Waals surface area contributed by atoms with Crippen LogP contribution in [-0.4, -0.2) is 82.2 Å². The van der Waals surface area contributed by atoms with E-state index in [-0.39, 0.29) is 39.2 Å². The molecule has 0 aliphatic carbocycles. The summed E-state index contributed by atoms with van der Waals surface area (Å²) in [4.78, 5) is 13.2. The average molecular weight is 466 g/mol. The zero-order valence-corrected chi connectivity index (χ0v) is 17.5. The largest absolute Gasteiger partial charge is 0.507 e. The minimum Gasteiger partial charge on any atom is -0.507 e. The molecule has 12 nitrogen and oxygen atoms in total. The summed E-state index contributed by atoms with van der Waals surface area (Å²) in [5.74, 6) is -1.40. The Hall–Kier alpha value is -3.29. The maximum Gasteiger partial charge on any atom is 0.229 e. The minimum absolute atomic E-state index is 0.0138. The number of benzene rings is 2. The van der Waals surface area contributed by atoms with E-state index in [0.29, 0.717) is 0 Å². The Bertz CT molecular complexity index is 1250. The van der Waals surface area contributed by atoms with E-state index < -0.39 is 54.2 Å². The van der Waals surface area contributed by atoms with Gasteiger partial charge in [0.1, 0.15) is 46.5 Å². The molecule has 1 saturated heterocycles. The molecule has 0 spiro atoms. The molecule has 12 heteroatoms. The van der Waals surface area contributed by atoms with Gasteiger partial charge < -0.3 is 54.0 Å². The van der Waals surface area contributed by atoms with Crippen molar-refractivity contribution in [3.8, 4) is 28.7 Å². The number of hydrogen-bond acceptors (Lipinski definition) is 12. The van der Waals surface area contributed by atoms with E-state index in [9.17, 15) is 35.4 Å². The number of hydrogen-bond donors (Lipinski definition) is 6. The topological polar surface area (TPSA) is 189 Å². The van der Waals surface area contributed by atoms with E-state index in [0.717, 1.165) is 6.07 Å². The highest BCUT2D eigenvalue weighted by Gasteiger charge is 2.45. The van der Waals surface area contributed by atoms with Gasteiger partial charge in [0, 0.05) is 6.07 Å². The second-order valence-electron chi connectivity index (χ2n) is 7.37. The number of aliphatic hydroxyl groups excluding tert-OH is 4. The van der Waals surface area contributed by atoms with E-state index in [1.54, 1.807) is 0 Å². The average Bonchev–Trinajstić information content (AvgIpc) is 2.80. The van der Waals surface area contributed by atoms with Crippen molar-refractivity contribution < 1.29 is 54.0 Å². The predicted octanol–water partition coefficient (Wildman–Crippen LogP) is -0.447. The van der Waals surface area contributed by atoms with Gasteiger partial charge >= 0.3 is 0 Å². The number of phenols is 2. The van der Waals surface area contributed by atoms with Crippen LogP contribution in [0.4, 0.5) is 0 Å². The van der Waals surface area contributed by atoms with Crippen LogP contribution in [0.1, 0.15) is 0 Å². The molecule has 0 radical (unpaired) electrons. The van der Waals surface area contributed by atoms with Gasteiger partial charge in [-0.25, -0.2) is 0 Å². The van der Waals surface area contributed by atoms with Gasteiger partial charge in [0.25, 0.3) is 0 Å². The molecule has 6 N–H and O–H groups in total. The van der Waals surface area contributed by atoms with Crippen molar-refractivity contribution in [3.63, 3.8) is 0 Å². The quantitative estimate of drug-likeness (QED) is 0.266. The number of phenolic OH excluding ortho intramolecular Hbond substituents is 2. The number of aliphatic hydroxyl groups is 4. The molecule has 2 aromatic carbocycles. The summed E-state index contributed by atoms with van der Waals surface area (Å²) in [6, 6.07) is 3.79. The molecule has 1 aliphatic rings. The summed E-state index contributed by atoms with van der Waals surface area (Å²) in [5.41, 5.74) is -1.18. The Kier molecular flexibility index (Phi) is 5.95. The van der Waals surface area contributed by atoms with Crippen molar-refractivity contribution in [2.45, 2.75) is 30.7 Å². The second kappa shape index (κ2) is 8.57. The molecule has 1 aliphatic heterocycles. The maximum atomic E-state index is 13.2. The van der Waals surface area contributed by atoms with Crippen LogP contribution in [0.15, 0.2) is 27.4 Å². The fourth-order valence-electron chi connectivity index (χ4n) is 3.72. The normalized spacial score (nSPS) is 25.3. The summed E-state index contributed by atoms with van der Waals surface area (Å²) in [5, 5.41) is 60.0. The van der Waals surface area contributed by atoms with E-state index in [1.165, 1.54) is 26.4 Å². The number of fused-ring (bicyclic) bond motifs is 2. The molecule has 0 bridgehead atoms. The van der Waals surface area contributed by atoms with Gasteiger partial charge in [-0.05, 0) is 12.1 Å². The van der Waals surface area contributed by atoms with Gasteiger partial charge in [-0.2, -0.15) is 0 Å². The molecular weight excluding hydrogens is 444 g/mol. The lowest BCUT2D eigenvalue weighted by Gasteiger charge is -2.39. The number of methoxy groups -OCH3 is 2. The Morgan fingerprint density at radius 1 is 0.970 bits per heavy atom. The van der Waals surface area contributed by atoms with Crippen LogP contribution < -0.4 is 19.6 Å². The number of aromatic hydroxyl groups is 2. The Labute approximate surface area is 185 Å². The van der Waals surface area contributed by atoms with Crippen LogP contribution in [0.5, 0.6) is 28.7 Å². The lowest BCUT2D eigenvalue weighted by atomic mass is 9.99. The highest BCUT2D eigenvalue weighted by atomic mass is 16.7. The van der Waals surface area contributed by atoms with E-state index in [1.807, 2.05) is 0 Å². The van der Waals surface area contributed by atoms with Crippen molar-refractivity contribution in [1.29, 1.82) is 0 Å². The summed E-state index contributed by atoms with van der Waals surface area (Å²) < 4.78 is 27.0. The standard InChI is InChI=1S/C21H22O12/c1-29-9-4-3-8-13(14(9)24)16(26)12-7(23)5-10(30-2)19(20(12)31-8)33-21-18(28)17(27)15(25)11(6-22)32-21/h3-5,11,15,17-18,21-25,27-28H,6H2,1-2H3/t11-,15-,17-,18-,21+/m0/s1. The molecular formula is C21H22O12. The lowest BCUT2D eigenvalue weighted by Crippen LogP contribution is -2.60. The van der Waals surface area contributed by atoms with Gasteiger partial charge in [0.05, 0.1) is 20.8 Å². The third-order valence-electron chi connectivity index (χ3n) is 5.47. The molecule has 3 aromatic rings. The minimum atomic E-state index is -1.75. The third-order valence-corrected chi connectivity index (χ3v) is 5.47. The van der Waals surface area contributed by atoms with Crippen LogP contribution in [0.25, 0.3) is 21.9 Å². The first-order valence-electron chi connectivity index (χ1n) is 9.77. The molecule has 0 unspecified atom stereocenters. The highest BCUT2D eigenvalue weighted by Crippen LogP contribution is 2.44. The molecule has 2 heterocycles. The van der Waals surface area contributed by atoms with Crippen LogP contribution in [0.3, 0.4) is 0 Å². The molecule has 178 valence electrons. The van der Waals surface area contributed by atoms with Crippen molar-refractivity contribution >= 4 is 21.9 Å². The zero-order chi connectivity index (χ0) is 24.0. The maximum absolute atomic E-state index is 13.2. The van der Waals surface area contributed by atoms with E-state index in [4.69, 9.17) is 23.4 Å². The zero-order valence-electron chi connectivity index (χ0n) is 17.5. The molecule has 33 heavy (non-hydrogen) atoms. The van der Waals surface area contributed by atoms with Gasteiger partial charge in [0.2, 0.25) is 17.5 Å². The number of rotatable bonds is 5. The first kappa shape index (κ1) is 22.9. The second-order valence-corrected chi connectivity index (χ2v) is 7.37. The summed E-state index contributed by atoms with van der Waals surface area (Å²) in [7, 11) is 2.55. The van der Waals surface area contributed by atoms with Crippen LogP contribution in [-0.2, 0) is 4.74 Å². The molecule has 5 atom stereocenters. The Morgan fingerprint density at radius 3 is 2.30 bits per heavy atom.